The Hall–Kier alpha value is -3.03. The van der Waals surface area contributed by atoms with Crippen LogP contribution in [0.4, 0.5) is 0 Å². The van der Waals surface area contributed by atoms with Crippen LogP contribution in [0.2, 0.25) is 0 Å². The van der Waals surface area contributed by atoms with Crippen LogP contribution >= 0.6 is 0 Å². The van der Waals surface area contributed by atoms with Gasteiger partial charge in [-0.3, -0.25) is 9.59 Å². The number of carboxylic acids is 1. The van der Waals surface area contributed by atoms with Gasteiger partial charge in [0.15, 0.2) is 0 Å². The molecule has 3 rings (SSSR count). The standard InChI is InChI=1S/C19H23N5O3/c1-13(2)8-10-19(18(26)27)9-5-11-24(12-19)17(25)15-7-4-3-6-14(15)16-20-22-23-21-16/h3-4,6-8H,5,9-12H2,1-2H3,(H,26,27)(H,20,21,22,23). The largest absolute Gasteiger partial charge is 0.481 e. The quantitative estimate of drug-likeness (QED) is 0.783. The fourth-order valence-corrected chi connectivity index (χ4v) is 3.44. The van der Waals surface area contributed by atoms with Gasteiger partial charge in [0.25, 0.3) is 5.91 Å². The molecular weight excluding hydrogens is 346 g/mol. The molecule has 2 N–H and O–H groups in total. The third-order valence-electron chi connectivity index (χ3n) is 4.96. The second-order valence-electron chi connectivity index (χ2n) is 7.18. The third kappa shape index (κ3) is 3.89. The van der Waals surface area contributed by atoms with E-state index in [9.17, 15) is 14.7 Å². The van der Waals surface area contributed by atoms with Gasteiger partial charge < -0.3 is 10.0 Å². The number of nitrogens with one attached hydrogen (secondary N) is 1. The van der Waals surface area contributed by atoms with Crippen molar-refractivity contribution >= 4 is 11.9 Å². The minimum Gasteiger partial charge on any atom is -0.481 e. The summed E-state index contributed by atoms with van der Waals surface area (Å²) in [5.41, 5.74) is 1.14. The molecule has 8 heteroatoms. The van der Waals surface area contributed by atoms with Crippen LogP contribution in [-0.2, 0) is 4.79 Å². The molecule has 0 bridgehead atoms. The van der Waals surface area contributed by atoms with E-state index in [0.29, 0.717) is 42.8 Å². The Morgan fingerprint density at radius 1 is 1.33 bits per heavy atom. The summed E-state index contributed by atoms with van der Waals surface area (Å²) < 4.78 is 0. The summed E-state index contributed by atoms with van der Waals surface area (Å²) >= 11 is 0. The van der Waals surface area contributed by atoms with Gasteiger partial charge in [-0.15, -0.1) is 10.2 Å². The lowest BCUT2D eigenvalue weighted by Gasteiger charge is -2.39. The van der Waals surface area contributed by atoms with Gasteiger partial charge in [-0.2, -0.15) is 5.21 Å². The predicted molar refractivity (Wildman–Crippen MR) is 98.9 cm³/mol. The van der Waals surface area contributed by atoms with E-state index in [0.717, 1.165) is 5.57 Å². The summed E-state index contributed by atoms with van der Waals surface area (Å²) in [6, 6.07) is 7.04. The number of nitrogens with zero attached hydrogens (tertiary/aromatic N) is 4. The number of tetrazole rings is 1. The first-order valence-electron chi connectivity index (χ1n) is 8.92. The van der Waals surface area contributed by atoms with E-state index in [1.54, 1.807) is 29.2 Å². The maximum absolute atomic E-state index is 13.2. The van der Waals surface area contributed by atoms with E-state index < -0.39 is 11.4 Å². The number of benzene rings is 1. The molecule has 1 amide bonds. The van der Waals surface area contributed by atoms with Crippen molar-refractivity contribution in [2.45, 2.75) is 33.1 Å². The number of aliphatic carboxylic acids is 1. The van der Waals surface area contributed by atoms with Gasteiger partial charge in [0.1, 0.15) is 0 Å². The van der Waals surface area contributed by atoms with Crippen LogP contribution in [0.15, 0.2) is 35.9 Å². The number of aromatic nitrogens is 4. The number of carbonyl (C=O) groups excluding carboxylic acids is 1. The summed E-state index contributed by atoms with van der Waals surface area (Å²) in [6.45, 7) is 4.61. The van der Waals surface area contributed by atoms with Gasteiger partial charge in [0.05, 0.1) is 11.0 Å². The lowest BCUT2D eigenvalue weighted by atomic mass is 9.76. The van der Waals surface area contributed by atoms with Crippen LogP contribution in [0.1, 0.15) is 43.5 Å². The van der Waals surface area contributed by atoms with Crippen LogP contribution in [0, 0.1) is 5.41 Å². The van der Waals surface area contributed by atoms with E-state index in [4.69, 9.17) is 0 Å². The molecule has 1 aromatic carbocycles. The van der Waals surface area contributed by atoms with E-state index in [1.807, 2.05) is 19.9 Å². The molecule has 1 aliphatic rings. The molecule has 2 heterocycles. The van der Waals surface area contributed by atoms with Crippen molar-refractivity contribution in [3.63, 3.8) is 0 Å². The molecule has 0 aliphatic carbocycles. The molecule has 1 aliphatic heterocycles. The van der Waals surface area contributed by atoms with E-state index in [1.165, 1.54) is 0 Å². The van der Waals surface area contributed by atoms with Gasteiger partial charge in [-0.1, -0.05) is 29.8 Å². The molecule has 8 nitrogen and oxygen atoms in total. The molecule has 142 valence electrons. The average Bonchev–Trinajstić information content (AvgIpc) is 3.20. The summed E-state index contributed by atoms with van der Waals surface area (Å²) in [4.78, 5) is 26.9. The second kappa shape index (κ2) is 7.69. The van der Waals surface area contributed by atoms with Crippen molar-refractivity contribution < 1.29 is 14.7 Å². The maximum Gasteiger partial charge on any atom is 0.311 e. The van der Waals surface area contributed by atoms with Crippen molar-refractivity contribution in [1.82, 2.24) is 25.5 Å². The Morgan fingerprint density at radius 3 is 2.78 bits per heavy atom. The van der Waals surface area contributed by atoms with Crippen LogP contribution in [0.25, 0.3) is 11.4 Å². The Bertz CT molecular complexity index is 858. The Labute approximate surface area is 157 Å². The Kier molecular flexibility index (Phi) is 5.34. The van der Waals surface area contributed by atoms with Crippen LogP contribution in [0.5, 0.6) is 0 Å². The van der Waals surface area contributed by atoms with Gasteiger partial charge in [-0.05, 0) is 44.4 Å². The van der Waals surface area contributed by atoms with Crippen molar-refractivity contribution in [1.29, 1.82) is 0 Å². The first-order chi connectivity index (χ1) is 12.9. The Balaban J connectivity index is 1.90. The van der Waals surface area contributed by atoms with E-state index >= 15 is 0 Å². The van der Waals surface area contributed by atoms with Crippen molar-refractivity contribution in [3.05, 3.63) is 41.5 Å². The zero-order valence-electron chi connectivity index (χ0n) is 15.5. The highest BCUT2D eigenvalue weighted by Gasteiger charge is 2.43. The lowest BCUT2D eigenvalue weighted by Crippen LogP contribution is -2.49. The second-order valence-corrected chi connectivity index (χ2v) is 7.18. The number of H-pyrrole nitrogens is 1. The molecule has 0 radical (unpaired) electrons. The first kappa shape index (κ1) is 18.8. The van der Waals surface area contributed by atoms with Crippen LogP contribution in [-0.4, -0.2) is 55.6 Å². The SMILES string of the molecule is CC(C)=CCC1(C(=O)O)CCCN(C(=O)c2ccccc2-c2nn[nH]n2)C1. The fourth-order valence-electron chi connectivity index (χ4n) is 3.44. The molecule has 1 saturated heterocycles. The fraction of sp³-hybridized carbons (Fsp3) is 0.421. The zero-order chi connectivity index (χ0) is 19.4. The number of rotatable bonds is 5. The summed E-state index contributed by atoms with van der Waals surface area (Å²) in [7, 11) is 0. The highest BCUT2D eigenvalue weighted by Crippen LogP contribution is 2.36. The van der Waals surface area contributed by atoms with Gasteiger partial charge in [-0.25, -0.2) is 0 Å². The minimum absolute atomic E-state index is 0.186. The summed E-state index contributed by atoms with van der Waals surface area (Å²) in [5, 5.41) is 23.7. The normalized spacial score (nSPS) is 19.6. The summed E-state index contributed by atoms with van der Waals surface area (Å²) in [5.74, 6) is -0.730. The zero-order valence-corrected chi connectivity index (χ0v) is 15.5. The molecular formula is C19H23N5O3. The minimum atomic E-state index is -0.952. The molecule has 1 fully saturated rings. The molecule has 1 atom stereocenters. The number of likely N-dealkylation sites (tertiary alicyclic amines) is 1. The van der Waals surface area contributed by atoms with Crippen LogP contribution < -0.4 is 0 Å². The summed E-state index contributed by atoms with van der Waals surface area (Å²) in [6.07, 6.45) is 3.57. The van der Waals surface area contributed by atoms with Gasteiger partial charge in [0.2, 0.25) is 5.82 Å². The molecule has 0 saturated carbocycles. The number of hydrogen-bond donors (Lipinski definition) is 2. The first-order valence-corrected chi connectivity index (χ1v) is 8.92. The number of aromatic amines is 1. The molecule has 1 unspecified atom stereocenters. The average molecular weight is 369 g/mol. The number of piperidine rings is 1. The lowest BCUT2D eigenvalue weighted by molar-refractivity contribution is -0.151. The highest BCUT2D eigenvalue weighted by atomic mass is 16.4. The van der Waals surface area contributed by atoms with Crippen LogP contribution in [0.3, 0.4) is 0 Å². The molecule has 27 heavy (non-hydrogen) atoms. The smallest absolute Gasteiger partial charge is 0.311 e. The number of allylic oxidation sites excluding steroid dienone is 2. The maximum atomic E-state index is 13.2. The van der Waals surface area contributed by atoms with Crippen molar-refractivity contribution in [2.75, 3.05) is 13.1 Å². The Morgan fingerprint density at radius 2 is 2.11 bits per heavy atom. The van der Waals surface area contributed by atoms with Gasteiger partial charge >= 0.3 is 5.97 Å². The third-order valence-corrected chi connectivity index (χ3v) is 4.96. The van der Waals surface area contributed by atoms with Gasteiger partial charge in [0, 0.05) is 18.7 Å². The topological polar surface area (TPSA) is 112 Å². The molecule has 1 aromatic heterocycles. The molecule has 0 spiro atoms. The monoisotopic (exact) mass is 369 g/mol. The molecule has 2 aromatic rings. The predicted octanol–water partition coefficient (Wildman–Crippen LogP) is 2.53. The number of carbonyl (C=O) groups is 2. The number of hydrogen-bond acceptors (Lipinski definition) is 5. The van der Waals surface area contributed by atoms with Crippen molar-refractivity contribution in [3.8, 4) is 11.4 Å². The highest BCUT2D eigenvalue weighted by molar-refractivity contribution is 6.00. The van der Waals surface area contributed by atoms with E-state index in [-0.39, 0.29) is 12.5 Å². The van der Waals surface area contributed by atoms with E-state index in [2.05, 4.69) is 20.6 Å². The number of carboxylic acid groups (broad SMARTS) is 1. The number of amides is 1. The van der Waals surface area contributed by atoms with Crippen molar-refractivity contribution in [2.24, 2.45) is 5.41 Å².